The number of benzene rings is 3. The quantitative estimate of drug-likeness (QED) is 0.285. The van der Waals surface area contributed by atoms with E-state index in [1.165, 1.54) is 36.4 Å². The summed E-state index contributed by atoms with van der Waals surface area (Å²) < 4.78 is 28.2. The fourth-order valence-electron chi connectivity index (χ4n) is 3.34. The van der Waals surface area contributed by atoms with Crippen molar-refractivity contribution in [1.29, 1.82) is 0 Å². The summed E-state index contributed by atoms with van der Waals surface area (Å²) in [7, 11) is -4.05. The number of amides is 1. The van der Waals surface area contributed by atoms with Gasteiger partial charge in [-0.05, 0) is 74.7 Å². The predicted molar refractivity (Wildman–Crippen MR) is 135 cm³/mol. The Kier molecular flexibility index (Phi) is 7.65. The lowest BCUT2D eigenvalue weighted by atomic mass is 10.1. The Balaban J connectivity index is 1.89. The number of rotatable bonds is 8. The molecule has 3 aromatic rings. The molecule has 35 heavy (non-hydrogen) atoms. The van der Waals surface area contributed by atoms with E-state index in [-0.39, 0.29) is 10.6 Å². The first-order chi connectivity index (χ1) is 16.5. The van der Waals surface area contributed by atoms with Crippen molar-refractivity contribution < 1.29 is 18.1 Å². The SMILES string of the molecule is C/C(=N/NC(=O)CN(c1cccc(C)c1C)S(=O)(=O)c1ccc(C)cc1)c1ccc([N+](=O)[O-])cc1. The summed E-state index contributed by atoms with van der Waals surface area (Å²) in [4.78, 5) is 23.2. The minimum absolute atomic E-state index is 0.0592. The summed E-state index contributed by atoms with van der Waals surface area (Å²) in [5.74, 6) is -0.636. The van der Waals surface area contributed by atoms with E-state index in [1.807, 2.05) is 19.9 Å². The number of hydrazone groups is 1. The average Bonchev–Trinajstić information content (AvgIpc) is 2.83. The highest BCUT2D eigenvalue weighted by molar-refractivity contribution is 7.92. The molecule has 0 spiro atoms. The van der Waals surface area contributed by atoms with Gasteiger partial charge in [-0.2, -0.15) is 5.10 Å². The Bertz CT molecular complexity index is 1380. The number of nitro benzene ring substituents is 1. The number of hydrogen-bond acceptors (Lipinski definition) is 6. The zero-order valence-corrected chi connectivity index (χ0v) is 20.7. The summed E-state index contributed by atoms with van der Waals surface area (Å²) in [5.41, 5.74) is 6.26. The van der Waals surface area contributed by atoms with Gasteiger partial charge in [0.15, 0.2) is 0 Å². The van der Waals surface area contributed by atoms with Gasteiger partial charge in [0, 0.05) is 12.1 Å². The third-order valence-electron chi connectivity index (χ3n) is 5.59. The summed E-state index contributed by atoms with van der Waals surface area (Å²) in [6.07, 6.45) is 0. The zero-order valence-electron chi connectivity index (χ0n) is 19.8. The Morgan fingerprint density at radius 1 is 1.00 bits per heavy atom. The van der Waals surface area contributed by atoms with Gasteiger partial charge in [-0.25, -0.2) is 13.8 Å². The van der Waals surface area contributed by atoms with E-state index in [2.05, 4.69) is 10.5 Å². The van der Waals surface area contributed by atoms with Crippen molar-refractivity contribution in [2.45, 2.75) is 32.6 Å². The fraction of sp³-hybridized carbons (Fsp3) is 0.200. The van der Waals surface area contributed by atoms with Crippen LogP contribution in [0.15, 0.2) is 76.7 Å². The minimum Gasteiger partial charge on any atom is -0.271 e. The molecule has 0 radical (unpaired) electrons. The molecule has 10 heteroatoms. The van der Waals surface area contributed by atoms with Crippen molar-refractivity contribution >= 4 is 33.0 Å². The Labute approximate surface area is 204 Å². The number of nitrogens with one attached hydrogen (secondary N) is 1. The molecule has 0 aromatic heterocycles. The highest BCUT2D eigenvalue weighted by atomic mass is 32.2. The standard InChI is InChI=1S/C25H26N4O5S/c1-17-8-14-23(15-9-17)35(33,34)28(24-7-5-6-18(2)19(24)3)16-25(30)27-26-20(4)21-10-12-22(13-11-21)29(31)32/h5-15H,16H2,1-4H3,(H,27,30)/b26-20-. The fourth-order valence-corrected chi connectivity index (χ4v) is 4.82. The summed E-state index contributed by atoms with van der Waals surface area (Å²) in [5, 5.41) is 14.9. The van der Waals surface area contributed by atoms with Gasteiger partial charge in [-0.15, -0.1) is 0 Å². The van der Waals surface area contributed by atoms with Crippen LogP contribution in [0.4, 0.5) is 11.4 Å². The number of carbonyl (C=O) groups is 1. The van der Waals surface area contributed by atoms with Crippen LogP contribution in [0.3, 0.4) is 0 Å². The number of non-ortho nitro benzene ring substituents is 1. The van der Waals surface area contributed by atoms with Crippen LogP contribution in [0.2, 0.25) is 0 Å². The molecule has 182 valence electrons. The van der Waals surface area contributed by atoms with Crippen molar-refractivity contribution in [3.05, 3.63) is 99.1 Å². The van der Waals surface area contributed by atoms with Gasteiger partial charge in [0.25, 0.3) is 21.6 Å². The second-order valence-corrected chi connectivity index (χ2v) is 9.94. The molecule has 0 aliphatic heterocycles. The van der Waals surface area contributed by atoms with Gasteiger partial charge < -0.3 is 0 Å². The van der Waals surface area contributed by atoms with Crippen LogP contribution in [-0.2, 0) is 14.8 Å². The summed E-state index contributed by atoms with van der Waals surface area (Å²) >= 11 is 0. The molecule has 0 saturated heterocycles. The first-order valence-electron chi connectivity index (χ1n) is 10.7. The van der Waals surface area contributed by atoms with Crippen molar-refractivity contribution in [3.63, 3.8) is 0 Å². The molecule has 0 fully saturated rings. The Hall–Kier alpha value is -4.05. The second-order valence-electron chi connectivity index (χ2n) is 8.08. The molecule has 3 aromatic carbocycles. The van der Waals surface area contributed by atoms with E-state index in [9.17, 15) is 23.3 Å². The maximum Gasteiger partial charge on any atom is 0.269 e. The van der Waals surface area contributed by atoms with Crippen molar-refractivity contribution in [2.75, 3.05) is 10.8 Å². The molecule has 0 unspecified atom stereocenters. The number of sulfonamides is 1. The lowest BCUT2D eigenvalue weighted by Crippen LogP contribution is -2.40. The number of hydrogen-bond donors (Lipinski definition) is 1. The monoisotopic (exact) mass is 494 g/mol. The number of anilines is 1. The second kappa shape index (κ2) is 10.5. The summed E-state index contributed by atoms with van der Waals surface area (Å²) in [6.45, 7) is 6.67. The molecule has 0 aliphatic rings. The molecule has 3 rings (SSSR count). The van der Waals surface area contributed by atoms with Gasteiger partial charge in [0.1, 0.15) is 6.54 Å². The average molecular weight is 495 g/mol. The van der Waals surface area contributed by atoms with Crippen LogP contribution in [0.25, 0.3) is 0 Å². The first-order valence-corrected chi connectivity index (χ1v) is 12.2. The maximum atomic E-state index is 13.5. The first kappa shape index (κ1) is 25.6. The smallest absolute Gasteiger partial charge is 0.269 e. The molecular weight excluding hydrogens is 468 g/mol. The van der Waals surface area contributed by atoms with E-state index >= 15 is 0 Å². The third-order valence-corrected chi connectivity index (χ3v) is 7.36. The molecule has 1 amide bonds. The molecular formula is C25H26N4O5S. The molecule has 0 saturated carbocycles. The van der Waals surface area contributed by atoms with E-state index in [0.29, 0.717) is 17.0 Å². The van der Waals surface area contributed by atoms with Crippen LogP contribution in [0.1, 0.15) is 29.2 Å². The number of nitrogens with zero attached hydrogens (tertiary/aromatic N) is 3. The highest BCUT2D eigenvalue weighted by Crippen LogP contribution is 2.28. The van der Waals surface area contributed by atoms with Gasteiger partial charge >= 0.3 is 0 Å². The molecule has 0 aliphatic carbocycles. The third kappa shape index (κ3) is 5.90. The van der Waals surface area contributed by atoms with Crippen LogP contribution in [0.5, 0.6) is 0 Å². The number of nitro groups is 1. The van der Waals surface area contributed by atoms with Crippen LogP contribution >= 0.6 is 0 Å². The van der Waals surface area contributed by atoms with Crippen molar-refractivity contribution in [1.82, 2.24) is 5.43 Å². The summed E-state index contributed by atoms with van der Waals surface area (Å²) in [6, 6.07) is 17.4. The topological polar surface area (TPSA) is 122 Å². The van der Waals surface area contributed by atoms with Gasteiger partial charge in [-0.1, -0.05) is 29.8 Å². The number of carbonyl (C=O) groups excluding carboxylic acids is 1. The minimum atomic E-state index is -4.05. The van der Waals surface area contributed by atoms with E-state index in [0.717, 1.165) is 21.0 Å². The lowest BCUT2D eigenvalue weighted by Gasteiger charge is -2.26. The van der Waals surface area contributed by atoms with E-state index in [4.69, 9.17) is 0 Å². The molecule has 1 N–H and O–H groups in total. The molecule has 9 nitrogen and oxygen atoms in total. The number of aryl methyl sites for hydroxylation is 2. The predicted octanol–water partition coefficient (Wildman–Crippen LogP) is 4.26. The van der Waals surface area contributed by atoms with Gasteiger partial charge in [-0.3, -0.25) is 19.2 Å². The Morgan fingerprint density at radius 2 is 1.63 bits per heavy atom. The van der Waals surface area contributed by atoms with Gasteiger partial charge in [0.2, 0.25) is 0 Å². The zero-order chi connectivity index (χ0) is 25.8. The Morgan fingerprint density at radius 3 is 2.23 bits per heavy atom. The molecule has 0 bridgehead atoms. The highest BCUT2D eigenvalue weighted by Gasteiger charge is 2.28. The maximum absolute atomic E-state index is 13.5. The van der Waals surface area contributed by atoms with Crippen LogP contribution < -0.4 is 9.73 Å². The largest absolute Gasteiger partial charge is 0.271 e. The van der Waals surface area contributed by atoms with E-state index < -0.39 is 27.4 Å². The van der Waals surface area contributed by atoms with Gasteiger partial charge in [0.05, 0.1) is 21.2 Å². The molecule has 0 heterocycles. The normalized spacial score (nSPS) is 11.7. The van der Waals surface area contributed by atoms with Crippen molar-refractivity contribution in [2.24, 2.45) is 5.10 Å². The van der Waals surface area contributed by atoms with E-state index in [1.54, 1.807) is 38.1 Å². The van der Waals surface area contributed by atoms with Crippen LogP contribution in [0, 0.1) is 30.9 Å². The van der Waals surface area contributed by atoms with Crippen LogP contribution in [-0.4, -0.2) is 31.5 Å². The lowest BCUT2D eigenvalue weighted by molar-refractivity contribution is -0.384. The van der Waals surface area contributed by atoms with Crippen molar-refractivity contribution in [3.8, 4) is 0 Å². The molecule has 0 atom stereocenters.